The van der Waals surface area contributed by atoms with E-state index in [-0.39, 0.29) is 23.9 Å². The molecule has 35 heavy (non-hydrogen) atoms. The second-order valence-corrected chi connectivity index (χ2v) is 13.4. The van der Waals surface area contributed by atoms with Crippen molar-refractivity contribution in [1.82, 2.24) is 0 Å². The SMILES string of the molecule is CCC1(OC(=O)C(C)(F)F)C2CC3CC1CC(COC(=O)OC14CC5CC(CC(O)(C5)C1)C4)(C3)C2. The summed E-state index contributed by atoms with van der Waals surface area (Å²) in [6.07, 6.45) is 8.82. The molecule has 4 atom stereocenters. The summed E-state index contributed by atoms with van der Waals surface area (Å²) in [5.74, 6) is -3.67. The Morgan fingerprint density at radius 1 is 0.914 bits per heavy atom. The molecule has 8 rings (SSSR count). The molecule has 0 amide bonds. The zero-order chi connectivity index (χ0) is 24.9. The van der Waals surface area contributed by atoms with Crippen LogP contribution in [0.15, 0.2) is 0 Å². The molecular formula is C27H38F2O6. The molecule has 0 aromatic rings. The van der Waals surface area contributed by atoms with Gasteiger partial charge >= 0.3 is 18.0 Å². The van der Waals surface area contributed by atoms with E-state index < -0.39 is 34.9 Å². The van der Waals surface area contributed by atoms with Gasteiger partial charge in [0.1, 0.15) is 17.8 Å². The van der Waals surface area contributed by atoms with Crippen LogP contribution in [-0.4, -0.2) is 46.6 Å². The van der Waals surface area contributed by atoms with E-state index in [9.17, 15) is 23.5 Å². The molecule has 0 heterocycles. The molecule has 8 aliphatic rings. The fourth-order valence-electron chi connectivity index (χ4n) is 10.1. The normalized spacial score (nSPS) is 49.2. The lowest BCUT2D eigenvalue weighted by Crippen LogP contribution is -2.64. The van der Waals surface area contributed by atoms with E-state index in [4.69, 9.17) is 14.2 Å². The summed E-state index contributed by atoms with van der Waals surface area (Å²) in [4.78, 5) is 25.0. The number of aliphatic hydroxyl groups is 1. The van der Waals surface area contributed by atoms with Crippen LogP contribution in [-0.2, 0) is 19.0 Å². The summed E-state index contributed by atoms with van der Waals surface area (Å²) in [7, 11) is 0. The standard InChI is InChI=1S/C27H38F2O6/c1-3-27(34-21(30)23(2,28)29)19-5-16-6-20(27)13-24(7-16,12-19)15-33-22(31)35-26-10-17-4-18(11-26)9-25(32,8-17)14-26/h16-20,32H,3-15H2,1-2H3. The zero-order valence-corrected chi connectivity index (χ0v) is 20.8. The molecule has 0 aliphatic heterocycles. The van der Waals surface area contributed by atoms with Crippen LogP contribution in [0.25, 0.3) is 0 Å². The quantitative estimate of drug-likeness (QED) is 0.496. The number of ether oxygens (including phenoxy) is 3. The number of carbonyl (C=O) groups excluding carboxylic acids is 2. The van der Waals surface area contributed by atoms with Crippen LogP contribution in [0.1, 0.15) is 90.9 Å². The maximum atomic E-state index is 13.7. The van der Waals surface area contributed by atoms with Crippen molar-refractivity contribution >= 4 is 12.1 Å². The third kappa shape index (κ3) is 3.88. The van der Waals surface area contributed by atoms with E-state index in [0.29, 0.717) is 50.4 Å². The van der Waals surface area contributed by atoms with E-state index in [1.54, 1.807) is 0 Å². The van der Waals surface area contributed by atoms with Crippen LogP contribution < -0.4 is 0 Å². The van der Waals surface area contributed by atoms with Gasteiger partial charge in [0.15, 0.2) is 0 Å². The molecule has 4 unspecified atom stereocenters. The monoisotopic (exact) mass is 496 g/mol. The summed E-state index contributed by atoms with van der Waals surface area (Å²) in [5.41, 5.74) is -2.38. The molecule has 8 fully saturated rings. The average Bonchev–Trinajstić information content (AvgIpc) is 2.71. The van der Waals surface area contributed by atoms with Crippen LogP contribution >= 0.6 is 0 Å². The zero-order valence-electron chi connectivity index (χ0n) is 20.8. The fraction of sp³-hybridized carbons (Fsp3) is 0.926. The first-order chi connectivity index (χ1) is 16.4. The summed E-state index contributed by atoms with van der Waals surface area (Å²) in [6.45, 7) is 2.77. The Morgan fingerprint density at radius 3 is 2.09 bits per heavy atom. The van der Waals surface area contributed by atoms with Gasteiger partial charge in [0.25, 0.3) is 0 Å². The number of alkyl halides is 2. The molecule has 1 N–H and O–H groups in total. The van der Waals surface area contributed by atoms with E-state index >= 15 is 0 Å². The van der Waals surface area contributed by atoms with Crippen LogP contribution in [0.2, 0.25) is 0 Å². The highest BCUT2D eigenvalue weighted by Gasteiger charge is 2.65. The van der Waals surface area contributed by atoms with Crippen LogP contribution in [0, 0.1) is 35.0 Å². The van der Waals surface area contributed by atoms with E-state index in [1.807, 2.05) is 6.92 Å². The minimum Gasteiger partial charge on any atom is -0.454 e. The largest absolute Gasteiger partial charge is 0.508 e. The first-order valence-corrected chi connectivity index (χ1v) is 13.5. The molecule has 8 heteroatoms. The van der Waals surface area contributed by atoms with Crippen LogP contribution in [0.5, 0.6) is 0 Å². The van der Waals surface area contributed by atoms with Gasteiger partial charge in [-0.1, -0.05) is 6.92 Å². The fourth-order valence-corrected chi connectivity index (χ4v) is 10.1. The Balaban J connectivity index is 1.12. The second-order valence-electron chi connectivity index (χ2n) is 13.4. The minimum absolute atomic E-state index is 0.00192. The van der Waals surface area contributed by atoms with E-state index in [1.165, 1.54) is 0 Å². The number of esters is 1. The maximum Gasteiger partial charge on any atom is 0.508 e. The van der Waals surface area contributed by atoms with Crippen LogP contribution in [0.4, 0.5) is 13.6 Å². The topological polar surface area (TPSA) is 82.1 Å². The van der Waals surface area contributed by atoms with Gasteiger partial charge in [-0.15, -0.1) is 0 Å². The number of hydrogen-bond acceptors (Lipinski definition) is 6. The summed E-state index contributed by atoms with van der Waals surface area (Å²) in [6, 6.07) is 0. The third-order valence-electron chi connectivity index (χ3n) is 10.7. The Labute approximate surface area is 205 Å². The predicted molar refractivity (Wildman–Crippen MR) is 121 cm³/mol. The number of rotatable bonds is 6. The van der Waals surface area contributed by atoms with Crippen molar-refractivity contribution in [2.75, 3.05) is 6.61 Å². The van der Waals surface area contributed by atoms with Gasteiger partial charge in [0.2, 0.25) is 0 Å². The van der Waals surface area contributed by atoms with Gasteiger partial charge < -0.3 is 19.3 Å². The molecule has 0 aromatic heterocycles. The first-order valence-electron chi connectivity index (χ1n) is 13.5. The molecule has 8 saturated carbocycles. The molecule has 196 valence electrons. The Kier molecular flexibility index (Phi) is 5.16. The third-order valence-corrected chi connectivity index (χ3v) is 10.7. The minimum atomic E-state index is -3.51. The Hall–Kier alpha value is -1.44. The molecule has 0 saturated heterocycles. The number of hydrogen-bond donors (Lipinski definition) is 1. The molecule has 8 bridgehead atoms. The van der Waals surface area contributed by atoms with Crippen molar-refractivity contribution < 1.29 is 37.7 Å². The number of halogens is 2. The van der Waals surface area contributed by atoms with E-state index in [0.717, 1.165) is 51.4 Å². The summed E-state index contributed by atoms with van der Waals surface area (Å²) in [5, 5.41) is 10.9. The molecular weight excluding hydrogens is 458 g/mol. The Morgan fingerprint density at radius 2 is 1.54 bits per heavy atom. The van der Waals surface area contributed by atoms with Gasteiger partial charge in [-0.25, -0.2) is 9.59 Å². The summed E-state index contributed by atoms with van der Waals surface area (Å²) < 4.78 is 44.7. The highest BCUT2D eigenvalue weighted by molar-refractivity contribution is 5.77. The maximum absolute atomic E-state index is 13.7. The second kappa shape index (κ2) is 7.55. The molecule has 0 spiro atoms. The van der Waals surface area contributed by atoms with E-state index in [2.05, 4.69) is 0 Å². The number of carbonyl (C=O) groups is 2. The van der Waals surface area contributed by atoms with Crippen molar-refractivity contribution in [3.8, 4) is 0 Å². The first kappa shape index (κ1) is 23.9. The van der Waals surface area contributed by atoms with Gasteiger partial charge in [0.05, 0.1) is 5.60 Å². The lowest BCUT2D eigenvalue weighted by atomic mass is 9.44. The molecule has 6 nitrogen and oxygen atoms in total. The molecule has 8 aliphatic carbocycles. The average molecular weight is 497 g/mol. The molecule has 0 radical (unpaired) electrons. The Bertz CT molecular complexity index is 882. The van der Waals surface area contributed by atoms with Crippen molar-refractivity contribution in [1.29, 1.82) is 0 Å². The lowest BCUT2D eigenvalue weighted by Gasteiger charge is -2.64. The van der Waals surface area contributed by atoms with Gasteiger partial charge in [-0.2, -0.15) is 8.78 Å². The van der Waals surface area contributed by atoms with Gasteiger partial charge in [-0.3, -0.25) is 0 Å². The van der Waals surface area contributed by atoms with Gasteiger partial charge in [-0.05, 0) is 100 Å². The summed E-state index contributed by atoms with van der Waals surface area (Å²) >= 11 is 0. The highest BCUT2D eigenvalue weighted by atomic mass is 19.3. The highest BCUT2D eigenvalue weighted by Crippen LogP contribution is 2.66. The van der Waals surface area contributed by atoms with Crippen molar-refractivity contribution in [2.24, 2.45) is 35.0 Å². The predicted octanol–water partition coefficient (Wildman–Crippen LogP) is 5.40. The van der Waals surface area contributed by atoms with Gasteiger partial charge in [0, 0.05) is 18.8 Å². The smallest absolute Gasteiger partial charge is 0.454 e. The van der Waals surface area contributed by atoms with Crippen molar-refractivity contribution in [3.05, 3.63) is 0 Å². The van der Waals surface area contributed by atoms with Crippen molar-refractivity contribution in [2.45, 2.75) is 114 Å². The van der Waals surface area contributed by atoms with Crippen molar-refractivity contribution in [3.63, 3.8) is 0 Å². The van der Waals surface area contributed by atoms with Crippen LogP contribution in [0.3, 0.4) is 0 Å². The lowest BCUT2D eigenvalue weighted by molar-refractivity contribution is -0.245. The molecule has 0 aromatic carbocycles.